The molecular formula is C12H18N2O3S. The van der Waals surface area contributed by atoms with Gasteiger partial charge in [0.1, 0.15) is 0 Å². The average Bonchev–Trinajstić information content (AvgIpc) is 3.16. The van der Waals surface area contributed by atoms with Crippen molar-refractivity contribution < 1.29 is 13.2 Å². The van der Waals surface area contributed by atoms with E-state index in [1.165, 1.54) is 4.31 Å². The van der Waals surface area contributed by atoms with Crippen LogP contribution in [0.5, 0.6) is 5.88 Å². The second kappa shape index (κ2) is 5.24. The van der Waals surface area contributed by atoms with Gasteiger partial charge < -0.3 is 4.74 Å². The van der Waals surface area contributed by atoms with E-state index < -0.39 is 10.0 Å². The summed E-state index contributed by atoms with van der Waals surface area (Å²) in [7, 11) is -1.54. The Balaban J connectivity index is 2.13. The van der Waals surface area contributed by atoms with E-state index in [1.807, 2.05) is 13.0 Å². The maximum absolute atomic E-state index is 12.0. The van der Waals surface area contributed by atoms with Crippen LogP contribution in [-0.2, 0) is 16.6 Å². The van der Waals surface area contributed by atoms with Crippen LogP contribution in [0.1, 0.15) is 25.3 Å². The van der Waals surface area contributed by atoms with E-state index in [9.17, 15) is 8.42 Å². The van der Waals surface area contributed by atoms with Gasteiger partial charge in [0.15, 0.2) is 0 Å². The fourth-order valence-corrected chi connectivity index (χ4v) is 3.32. The molecule has 1 heterocycles. The molecule has 1 fully saturated rings. The van der Waals surface area contributed by atoms with Crippen LogP contribution >= 0.6 is 0 Å². The highest BCUT2D eigenvalue weighted by atomic mass is 32.2. The number of sulfonamides is 1. The van der Waals surface area contributed by atoms with Crippen LogP contribution in [0.4, 0.5) is 0 Å². The third-order valence-corrected chi connectivity index (χ3v) is 5.22. The molecule has 6 heteroatoms. The van der Waals surface area contributed by atoms with Gasteiger partial charge in [0.25, 0.3) is 0 Å². The van der Waals surface area contributed by atoms with Crippen molar-refractivity contribution in [3.63, 3.8) is 0 Å². The van der Waals surface area contributed by atoms with Crippen LogP contribution < -0.4 is 4.74 Å². The highest BCUT2D eigenvalue weighted by Crippen LogP contribution is 2.31. The fraction of sp³-hybridized carbons (Fsp3) is 0.583. The van der Waals surface area contributed by atoms with Crippen molar-refractivity contribution in [2.24, 2.45) is 0 Å². The number of hydrogen-bond donors (Lipinski definition) is 0. The molecule has 0 N–H and O–H groups in total. The SMILES string of the molecule is CCOc1ncccc1CN(C)S(=O)(=O)C1CC1. The summed E-state index contributed by atoms with van der Waals surface area (Å²) in [6.45, 7) is 2.70. The standard InChI is InChI=1S/C12H18N2O3S/c1-3-17-12-10(5-4-8-13-12)9-14(2)18(15,16)11-6-7-11/h4-5,8,11H,3,6-7,9H2,1-2H3. The van der Waals surface area contributed by atoms with Crippen LogP contribution in [0.2, 0.25) is 0 Å². The molecule has 0 bridgehead atoms. The van der Waals surface area contributed by atoms with Crippen LogP contribution in [-0.4, -0.2) is 36.6 Å². The van der Waals surface area contributed by atoms with Crippen molar-refractivity contribution in [1.29, 1.82) is 0 Å². The van der Waals surface area contributed by atoms with E-state index in [-0.39, 0.29) is 5.25 Å². The lowest BCUT2D eigenvalue weighted by atomic mass is 10.3. The van der Waals surface area contributed by atoms with Gasteiger partial charge in [-0.2, -0.15) is 0 Å². The minimum absolute atomic E-state index is 0.185. The smallest absolute Gasteiger partial charge is 0.217 e. The highest BCUT2D eigenvalue weighted by Gasteiger charge is 2.38. The van der Waals surface area contributed by atoms with Gasteiger partial charge in [-0.15, -0.1) is 0 Å². The van der Waals surface area contributed by atoms with Crippen LogP contribution in [0.15, 0.2) is 18.3 Å². The Kier molecular flexibility index (Phi) is 3.87. The summed E-state index contributed by atoms with van der Waals surface area (Å²) >= 11 is 0. The zero-order valence-corrected chi connectivity index (χ0v) is 11.5. The molecule has 1 aliphatic carbocycles. The van der Waals surface area contributed by atoms with Crippen LogP contribution in [0.25, 0.3) is 0 Å². The monoisotopic (exact) mass is 270 g/mol. The van der Waals surface area contributed by atoms with Crippen LogP contribution in [0.3, 0.4) is 0 Å². The molecule has 0 aliphatic heterocycles. The quantitative estimate of drug-likeness (QED) is 0.784. The van der Waals surface area contributed by atoms with Gasteiger partial charge in [0.05, 0.1) is 11.9 Å². The van der Waals surface area contributed by atoms with Gasteiger partial charge in [0.2, 0.25) is 15.9 Å². The van der Waals surface area contributed by atoms with Crippen molar-refractivity contribution in [2.45, 2.75) is 31.6 Å². The second-order valence-electron chi connectivity index (χ2n) is 4.40. The molecule has 18 heavy (non-hydrogen) atoms. The molecule has 1 saturated carbocycles. The molecule has 0 saturated heterocycles. The molecule has 5 nitrogen and oxygen atoms in total. The molecule has 1 aliphatic rings. The van der Waals surface area contributed by atoms with Gasteiger partial charge in [0, 0.05) is 25.4 Å². The summed E-state index contributed by atoms with van der Waals surface area (Å²) in [5.74, 6) is 0.512. The van der Waals surface area contributed by atoms with Gasteiger partial charge in [-0.25, -0.2) is 17.7 Å². The van der Waals surface area contributed by atoms with E-state index in [0.29, 0.717) is 19.0 Å². The van der Waals surface area contributed by atoms with Crippen molar-refractivity contribution in [2.75, 3.05) is 13.7 Å². The molecular weight excluding hydrogens is 252 g/mol. The predicted octanol–water partition coefficient (Wildman–Crippen LogP) is 1.40. The Morgan fingerprint density at radius 3 is 2.83 bits per heavy atom. The zero-order valence-electron chi connectivity index (χ0n) is 10.7. The molecule has 0 amide bonds. The van der Waals surface area contributed by atoms with Gasteiger partial charge in [-0.05, 0) is 25.8 Å². The van der Waals surface area contributed by atoms with E-state index in [1.54, 1.807) is 19.3 Å². The highest BCUT2D eigenvalue weighted by molar-refractivity contribution is 7.90. The van der Waals surface area contributed by atoms with Crippen LogP contribution in [0, 0.1) is 0 Å². The van der Waals surface area contributed by atoms with E-state index in [2.05, 4.69) is 4.98 Å². The Bertz CT molecular complexity index is 512. The second-order valence-corrected chi connectivity index (χ2v) is 6.72. The summed E-state index contributed by atoms with van der Waals surface area (Å²) in [6.07, 6.45) is 3.19. The van der Waals surface area contributed by atoms with Crippen molar-refractivity contribution in [1.82, 2.24) is 9.29 Å². The lowest BCUT2D eigenvalue weighted by Crippen LogP contribution is -2.29. The van der Waals surface area contributed by atoms with Crippen molar-refractivity contribution in [3.05, 3.63) is 23.9 Å². The molecule has 0 spiro atoms. The third kappa shape index (κ3) is 2.81. The van der Waals surface area contributed by atoms with E-state index in [0.717, 1.165) is 18.4 Å². The molecule has 0 atom stereocenters. The van der Waals surface area contributed by atoms with Crippen molar-refractivity contribution >= 4 is 10.0 Å². The molecule has 0 radical (unpaired) electrons. The Morgan fingerprint density at radius 1 is 1.50 bits per heavy atom. The molecule has 2 rings (SSSR count). The third-order valence-electron chi connectivity index (χ3n) is 2.90. The normalized spacial score (nSPS) is 15.9. The minimum atomic E-state index is -3.15. The first-order valence-electron chi connectivity index (χ1n) is 6.07. The number of aromatic nitrogens is 1. The largest absolute Gasteiger partial charge is 0.478 e. The topological polar surface area (TPSA) is 59.5 Å². The molecule has 0 aromatic carbocycles. The number of rotatable bonds is 6. The number of pyridine rings is 1. The summed E-state index contributed by atoms with van der Waals surface area (Å²) in [4.78, 5) is 4.12. The number of ether oxygens (including phenoxy) is 1. The summed E-state index contributed by atoms with van der Waals surface area (Å²) in [6, 6.07) is 3.63. The molecule has 1 aromatic heterocycles. The van der Waals surface area contributed by atoms with Gasteiger partial charge in [-0.3, -0.25) is 0 Å². The van der Waals surface area contributed by atoms with E-state index in [4.69, 9.17) is 4.74 Å². The lowest BCUT2D eigenvalue weighted by molar-refractivity contribution is 0.318. The first-order chi connectivity index (χ1) is 8.55. The Morgan fingerprint density at radius 2 is 2.22 bits per heavy atom. The first-order valence-corrected chi connectivity index (χ1v) is 7.58. The number of nitrogens with zero attached hydrogens (tertiary/aromatic N) is 2. The molecule has 0 unspecified atom stereocenters. The summed E-state index contributed by atoms with van der Waals surface area (Å²) in [5, 5.41) is -0.185. The maximum atomic E-state index is 12.0. The summed E-state index contributed by atoms with van der Waals surface area (Å²) in [5.41, 5.74) is 0.797. The van der Waals surface area contributed by atoms with Gasteiger partial charge >= 0.3 is 0 Å². The Labute approximate surface area is 108 Å². The number of hydrogen-bond acceptors (Lipinski definition) is 4. The zero-order chi connectivity index (χ0) is 13.2. The average molecular weight is 270 g/mol. The first kappa shape index (κ1) is 13.3. The van der Waals surface area contributed by atoms with E-state index >= 15 is 0 Å². The summed E-state index contributed by atoms with van der Waals surface area (Å²) < 4.78 is 30.8. The molecule has 100 valence electrons. The molecule has 1 aromatic rings. The van der Waals surface area contributed by atoms with Crippen molar-refractivity contribution in [3.8, 4) is 5.88 Å². The fourth-order valence-electron chi connectivity index (χ4n) is 1.76. The van der Waals surface area contributed by atoms with Gasteiger partial charge in [-0.1, -0.05) is 6.07 Å². The maximum Gasteiger partial charge on any atom is 0.217 e. The predicted molar refractivity (Wildman–Crippen MR) is 68.8 cm³/mol. The Hall–Kier alpha value is -1.14. The minimum Gasteiger partial charge on any atom is -0.478 e. The lowest BCUT2D eigenvalue weighted by Gasteiger charge is -2.18.